The van der Waals surface area contributed by atoms with Crippen LogP contribution in [0.3, 0.4) is 0 Å². The largest absolute Gasteiger partial charge is 0.459 e. The number of fused-ring (bicyclic) bond motifs is 5. The molecule has 0 amide bonds. The standard InChI is InChI=1S/C28H40O6/c1-14-12-23(34-25(32)15(14)2)28(5,33)21-8-6-16-24-17(10-11-26(16,21)3)27(4)18(13-20(24)30)19(29)7-9-22(27)31/h7,9,13-17,19-21,23-24,29-30,33H,6,8,10-12H2,1-5H3/t14-,15+,16-,17+,19-,20-,21-,23-,24+,26-,27+,28+/m0/s1. The first-order chi connectivity index (χ1) is 15.8. The van der Waals surface area contributed by atoms with Gasteiger partial charge in [0.2, 0.25) is 0 Å². The van der Waals surface area contributed by atoms with Crippen molar-refractivity contribution >= 4 is 11.8 Å². The Morgan fingerprint density at radius 1 is 1.09 bits per heavy atom. The van der Waals surface area contributed by atoms with Gasteiger partial charge in [0.05, 0.1) is 23.5 Å². The fourth-order valence-corrected chi connectivity index (χ4v) is 8.83. The first-order valence-corrected chi connectivity index (χ1v) is 13.1. The van der Waals surface area contributed by atoms with E-state index in [2.05, 4.69) is 6.92 Å². The minimum absolute atomic E-state index is 0.00771. The van der Waals surface area contributed by atoms with Crippen LogP contribution in [0.2, 0.25) is 0 Å². The molecule has 0 unspecified atom stereocenters. The van der Waals surface area contributed by atoms with Gasteiger partial charge in [-0.15, -0.1) is 0 Å². The fourth-order valence-electron chi connectivity index (χ4n) is 8.83. The highest BCUT2D eigenvalue weighted by Gasteiger charge is 2.65. The molecule has 2 saturated carbocycles. The number of rotatable bonds is 2. The van der Waals surface area contributed by atoms with Gasteiger partial charge in [0.25, 0.3) is 0 Å². The van der Waals surface area contributed by atoms with Crippen molar-refractivity contribution in [3.8, 4) is 0 Å². The van der Waals surface area contributed by atoms with Crippen molar-refractivity contribution in [2.24, 2.45) is 46.3 Å². The topological polar surface area (TPSA) is 104 Å². The van der Waals surface area contributed by atoms with Gasteiger partial charge in [-0.3, -0.25) is 9.59 Å². The van der Waals surface area contributed by atoms with E-state index in [1.165, 1.54) is 12.2 Å². The van der Waals surface area contributed by atoms with Crippen LogP contribution >= 0.6 is 0 Å². The zero-order chi connectivity index (χ0) is 24.8. The van der Waals surface area contributed by atoms with Gasteiger partial charge in [-0.2, -0.15) is 0 Å². The quantitative estimate of drug-likeness (QED) is 0.421. The molecule has 0 aromatic heterocycles. The zero-order valence-electron chi connectivity index (χ0n) is 21.0. The number of hydrogen-bond donors (Lipinski definition) is 3. The molecule has 5 aliphatic rings. The van der Waals surface area contributed by atoms with Crippen molar-refractivity contribution in [2.75, 3.05) is 0 Å². The van der Waals surface area contributed by atoms with Crippen LogP contribution in [0.4, 0.5) is 0 Å². The summed E-state index contributed by atoms with van der Waals surface area (Å²) in [4.78, 5) is 25.6. The maximum Gasteiger partial charge on any atom is 0.309 e. The van der Waals surface area contributed by atoms with E-state index in [0.29, 0.717) is 12.0 Å². The molecule has 0 radical (unpaired) electrons. The lowest BCUT2D eigenvalue weighted by Gasteiger charge is -2.59. The Labute approximate surface area is 202 Å². The molecule has 0 aromatic rings. The summed E-state index contributed by atoms with van der Waals surface area (Å²) in [7, 11) is 0. The van der Waals surface area contributed by atoms with E-state index in [0.717, 1.165) is 25.7 Å². The van der Waals surface area contributed by atoms with Crippen LogP contribution in [0.1, 0.15) is 66.7 Å². The average Bonchev–Trinajstić information content (AvgIpc) is 3.14. The van der Waals surface area contributed by atoms with Crippen molar-refractivity contribution in [2.45, 2.75) is 90.6 Å². The summed E-state index contributed by atoms with van der Waals surface area (Å²) >= 11 is 0. The first-order valence-electron chi connectivity index (χ1n) is 13.1. The van der Waals surface area contributed by atoms with Gasteiger partial charge in [0, 0.05) is 0 Å². The molecule has 3 N–H and O–H groups in total. The van der Waals surface area contributed by atoms with Gasteiger partial charge >= 0.3 is 5.97 Å². The van der Waals surface area contributed by atoms with Crippen molar-refractivity contribution in [1.29, 1.82) is 0 Å². The number of cyclic esters (lactones) is 1. The van der Waals surface area contributed by atoms with E-state index >= 15 is 0 Å². The lowest BCUT2D eigenvalue weighted by molar-refractivity contribution is -0.202. The Hall–Kier alpha value is -1.50. The number of allylic oxidation sites excluding steroid dienone is 1. The number of ether oxygens (including phenoxy) is 1. The summed E-state index contributed by atoms with van der Waals surface area (Å²) < 4.78 is 5.78. The first kappa shape index (κ1) is 24.2. The van der Waals surface area contributed by atoms with Gasteiger partial charge in [0.1, 0.15) is 11.7 Å². The van der Waals surface area contributed by atoms with Crippen LogP contribution in [0, 0.1) is 46.3 Å². The SMILES string of the molecule is C[C@H]1C[C@@H]([C@](C)(O)[C@H]2CC[C@H]3[C@@H]4[C@@H](CC[C@]23C)[C@@]2(C)C(=O)C=C[C@H](O)C2=C[C@@H]4O)OC(=O)[C@@H]1C. The second-order valence-corrected chi connectivity index (χ2v) is 12.6. The number of aliphatic hydroxyl groups is 3. The summed E-state index contributed by atoms with van der Waals surface area (Å²) in [6, 6.07) is 0. The Kier molecular flexibility index (Phi) is 5.52. The Bertz CT molecular complexity index is 951. The normalized spacial score (nSPS) is 52.1. The second-order valence-electron chi connectivity index (χ2n) is 12.6. The Morgan fingerprint density at radius 2 is 1.79 bits per heavy atom. The summed E-state index contributed by atoms with van der Waals surface area (Å²) in [5.41, 5.74) is -1.57. The predicted molar refractivity (Wildman–Crippen MR) is 126 cm³/mol. The smallest absolute Gasteiger partial charge is 0.309 e. The van der Waals surface area contributed by atoms with Crippen molar-refractivity contribution in [3.05, 3.63) is 23.8 Å². The average molecular weight is 473 g/mol. The minimum atomic E-state index is -1.16. The van der Waals surface area contributed by atoms with Crippen LogP contribution in [0.25, 0.3) is 0 Å². The highest BCUT2D eigenvalue weighted by atomic mass is 16.6. The molecule has 12 atom stereocenters. The lowest BCUT2D eigenvalue weighted by atomic mass is 9.46. The predicted octanol–water partition coefficient (Wildman–Crippen LogP) is 3.19. The monoisotopic (exact) mass is 472 g/mol. The molecule has 6 nitrogen and oxygen atoms in total. The summed E-state index contributed by atoms with van der Waals surface area (Å²) in [6.07, 6.45) is 6.53. The van der Waals surface area contributed by atoms with E-state index in [9.17, 15) is 24.9 Å². The fraction of sp³-hybridized carbons (Fsp3) is 0.786. The molecule has 1 aliphatic heterocycles. The molecular weight excluding hydrogens is 432 g/mol. The Balaban J connectivity index is 1.47. The molecule has 188 valence electrons. The van der Waals surface area contributed by atoms with Gasteiger partial charge in [-0.05, 0) is 98.7 Å². The summed E-state index contributed by atoms with van der Waals surface area (Å²) in [5, 5.41) is 33.8. The highest BCUT2D eigenvalue weighted by molar-refractivity contribution is 5.99. The van der Waals surface area contributed by atoms with Gasteiger partial charge < -0.3 is 20.1 Å². The van der Waals surface area contributed by atoms with Crippen molar-refractivity contribution in [3.63, 3.8) is 0 Å². The number of hydrogen-bond acceptors (Lipinski definition) is 6. The van der Waals surface area contributed by atoms with Crippen LogP contribution < -0.4 is 0 Å². The molecule has 5 rings (SSSR count). The summed E-state index contributed by atoms with van der Waals surface area (Å²) in [6.45, 7) is 9.93. The highest BCUT2D eigenvalue weighted by Crippen LogP contribution is 2.67. The summed E-state index contributed by atoms with van der Waals surface area (Å²) in [5.74, 6) is -0.323. The Morgan fingerprint density at radius 3 is 2.47 bits per heavy atom. The van der Waals surface area contributed by atoms with E-state index in [1.54, 1.807) is 6.08 Å². The maximum absolute atomic E-state index is 13.1. The molecule has 0 bridgehead atoms. The van der Waals surface area contributed by atoms with Crippen molar-refractivity contribution < 1.29 is 29.6 Å². The number of aliphatic hydroxyl groups excluding tert-OH is 2. The molecule has 34 heavy (non-hydrogen) atoms. The molecule has 1 heterocycles. The van der Waals surface area contributed by atoms with Crippen LogP contribution in [-0.4, -0.2) is 51.0 Å². The van der Waals surface area contributed by atoms with Gasteiger partial charge in [-0.1, -0.05) is 26.8 Å². The number of carbonyl (C=O) groups excluding carboxylic acids is 2. The molecular formula is C28H40O6. The second kappa shape index (κ2) is 7.75. The number of carbonyl (C=O) groups is 2. The van der Waals surface area contributed by atoms with Crippen LogP contribution in [0.15, 0.2) is 23.8 Å². The van der Waals surface area contributed by atoms with Crippen LogP contribution in [0.5, 0.6) is 0 Å². The molecule has 6 heteroatoms. The maximum atomic E-state index is 13.1. The molecule has 4 aliphatic carbocycles. The lowest BCUT2D eigenvalue weighted by Crippen LogP contribution is -2.60. The molecule has 0 spiro atoms. The van der Waals surface area contributed by atoms with Crippen LogP contribution in [-0.2, 0) is 14.3 Å². The van der Waals surface area contributed by atoms with E-state index < -0.39 is 29.3 Å². The van der Waals surface area contributed by atoms with Gasteiger partial charge in [0.15, 0.2) is 5.78 Å². The molecule has 3 fully saturated rings. The molecule has 0 aromatic carbocycles. The van der Waals surface area contributed by atoms with E-state index in [1.807, 2.05) is 27.7 Å². The third-order valence-corrected chi connectivity index (χ3v) is 11.1. The van der Waals surface area contributed by atoms with Gasteiger partial charge in [-0.25, -0.2) is 0 Å². The van der Waals surface area contributed by atoms with E-state index in [-0.39, 0.29) is 52.7 Å². The van der Waals surface area contributed by atoms with E-state index in [4.69, 9.17) is 4.74 Å². The van der Waals surface area contributed by atoms with Crippen molar-refractivity contribution in [1.82, 2.24) is 0 Å². The zero-order valence-corrected chi connectivity index (χ0v) is 21.0. The molecule has 1 saturated heterocycles. The minimum Gasteiger partial charge on any atom is -0.459 e. The third kappa shape index (κ3) is 3.10. The number of esters is 1. The third-order valence-electron chi connectivity index (χ3n) is 11.1. The number of ketones is 1.